The van der Waals surface area contributed by atoms with Crippen molar-refractivity contribution in [1.82, 2.24) is 19.7 Å². The summed E-state index contributed by atoms with van der Waals surface area (Å²) in [6, 6.07) is 5.22. The molecule has 0 radical (unpaired) electrons. The van der Waals surface area contributed by atoms with E-state index in [1.807, 2.05) is 4.90 Å². The van der Waals surface area contributed by atoms with Crippen LogP contribution >= 0.6 is 0 Å². The van der Waals surface area contributed by atoms with Crippen molar-refractivity contribution in [2.75, 3.05) is 35.3 Å². The Morgan fingerprint density at radius 2 is 2.00 bits per heavy atom. The number of nitrogens with one attached hydrogen (secondary N) is 1. The second-order valence-corrected chi connectivity index (χ2v) is 8.23. The van der Waals surface area contributed by atoms with Crippen molar-refractivity contribution in [3.05, 3.63) is 59.5 Å². The lowest BCUT2D eigenvalue weighted by molar-refractivity contribution is -0.137. The van der Waals surface area contributed by atoms with Gasteiger partial charge in [-0.2, -0.15) is 23.3 Å². The molecule has 3 aromatic rings. The van der Waals surface area contributed by atoms with E-state index in [0.29, 0.717) is 29.6 Å². The summed E-state index contributed by atoms with van der Waals surface area (Å²) in [4.78, 5) is 24.8. The van der Waals surface area contributed by atoms with Crippen LogP contribution in [-0.2, 0) is 24.1 Å². The first-order chi connectivity index (χ1) is 16.2. The minimum Gasteiger partial charge on any atom is -0.350 e. The van der Waals surface area contributed by atoms with Crippen molar-refractivity contribution in [2.45, 2.75) is 39.0 Å². The predicted octanol–water partition coefficient (Wildman–Crippen LogP) is 3.94. The maximum Gasteiger partial charge on any atom is 0.416 e. The second-order valence-electron chi connectivity index (χ2n) is 8.23. The van der Waals surface area contributed by atoms with Crippen LogP contribution in [0, 0.1) is 0 Å². The van der Waals surface area contributed by atoms with Crippen LogP contribution in [0.1, 0.15) is 36.5 Å². The van der Waals surface area contributed by atoms with Gasteiger partial charge in [-0.25, -0.2) is 4.98 Å². The topological polar surface area (TPSA) is 79.2 Å². The van der Waals surface area contributed by atoms with Gasteiger partial charge in [-0.05, 0) is 24.1 Å². The van der Waals surface area contributed by atoms with Crippen LogP contribution in [0.2, 0.25) is 0 Å². The number of fused-ring (bicyclic) bond motifs is 1. The number of alkyl halides is 3. The highest BCUT2D eigenvalue weighted by Gasteiger charge is 2.30. The average molecular weight is 474 g/mol. The van der Waals surface area contributed by atoms with Crippen LogP contribution in [0.3, 0.4) is 0 Å². The molecular formula is C23H26F3N7O. The zero-order valence-electron chi connectivity index (χ0n) is 19.0. The molecule has 0 atom stereocenters. The number of amides is 1. The first-order valence-corrected chi connectivity index (χ1v) is 11.0. The van der Waals surface area contributed by atoms with Gasteiger partial charge in [0, 0.05) is 31.9 Å². The Morgan fingerprint density at radius 3 is 2.76 bits per heavy atom. The molecule has 11 heteroatoms. The number of carbonyl (C=O) groups is 1. The van der Waals surface area contributed by atoms with E-state index in [1.54, 1.807) is 41.3 Å². The van der Waals surface area contributed by atoms with Crippen LogP contribution in [0.25, 0.3) is 0 Å². The van der Waals surface area contributed by atoms with Crippen LogP contribution in [0.4, 0.5) is 30.6 Å². The summed E-state index contributed by atoms with van der Waals surface area (Å²) in [5.74, 6) is 1.14. The highest BCUT2D eigenvalue weighted by molar-refractivity contribution is 6.01. The van der Waals surface area contributed by atoms with E-state index in [2.05, 4.69) is 27.3 Å². The van der Waals surface area contributed by atoms with Crippen molar-refractivity contribution >= 4 is 23.4 Å². The van der Waals surface area contributed by atoms with Crippen molar-refractivity contribution in [1.29, 1.82) is 0 Å². The molecule has 0 fully saturated rings. The molecule has 0 spiro atoms. The molecule has 0 aliphatic carbocycles. The van der Waals surface area contributed by atoms with Crippen LogP contribution in [-0.4, -0.2) is 45.8 Å². The maximum atomic E-state index is 12.9. The molecule has 34 heavy (non-hydrogen) atoms. The minimum absolute atomic E-state index is 0.00102. The summed E-state index contributed by atoms with van der Waals surface area (Å²) in [6.07, 6.45) is 2.64. The quantitative estimate of drug-likeness (QED) is 0.534. The van der Waals surface area contributed by atoms with Gasteiger partial charge in [-0.3, -0.25) is 9.48 Å². The summed E-state index contributed by atoms with van der Waals surface area (Å²) >= 11 is 0. The number of nitrogens with zero attached hydrogens (tertiary/aromatic N) is 6. The molecule has 0 saturated carbocycles. The number of aromatic nitrogens is 4. The number of benzene rings is 1. The number of rotatable bonds is 8. The third kappa shape index (κ3) is 5.29. The van der Waals surface area contributed by atoms with Gasteiger partial charge in [-0.1, -0.05) is 25.5 Å². The van der Waals surface area contributed by atoms with E-state index in [-0.39, 0.29) is 19.0 Å². The van der Waals surface area contributed by atoms with Crippen molar-refractivity contribution in [3.8, 4) is 0 Å². The Morgan fingerprint density at radius 1 is 1.18 bits per heavy atom. The molecule has 2 aromatic heterocycles. The van der Waals surface area contributed by atoms with Crippen LogP contribution in [0.5, 0.6) is 0 Å². The summed E-state index contributed by atoms with van der Waals surface area (Å²) < 4.78 is 40.4. The fourth-order valence-electron chi connectivity index (χ4n) is 3.73. The second kappa shape index (κ2) is 9.70. The average Bonchev–Trinajstić information content (AvgIpc) is 3.26. The lowest BCUT2D eigenvalue weighted by Crippen LogP contribution is -2.45. The molecule has 180 valence electrons. The van der Waals surface area contributed by atoms with E-state index in [1.165, 1.54) is 6.07 Å². The van der Waals surface area contributed by atoms with Gasteiger partial charge in [0.25, 0.3) is 0 Å². The number of unbranched alkanes of at least 4 members (excludes halogenated alkanes) is 1. The van der Waals surface area contributed by atoms with Gasteiger partial charge in [-0.15, -0.1) is 0 Å². The number of hydrogen-bond donors (Lipinski definition) is 1. The standard InChI is InChI=1S/C23H26F3N7O/c1-3-4-8-32-15-20(34)31(2)19-12-28-22(30-21(19)32)27-10-17-11-29-33(14-17)13-16-6-5-7-18(9-16)23(24,25)26/h5-7,9,11-12,14H,3-4,8,10,13,15H2,1-2H3,(H,27,28,30). The zero-order chi connectivity index (χ0) is 24.3. The van der Waals surface area contributed by atoms with Crippen molar-refractivity contribution in [2.24, 2.45) is 0 Å². The molecular weight excluding hydrogens is 447 g/mol. The smallest absolute Gasteiger partial charge is 0.350 e. The Hall–Kier alpha value is -3.63. The number of halogens is 3. The van der Waals surface area contributed by atoms with E-state index in [9.17, 15) is 18.0 Å². The normalized spacial score (nSPS) is 13.9. The fourth-order valence-corrected chi connectivity index (χ4v) is 3.73. The monoisotopic (exact) mass is 473 g/mol. The first kappa shape index (κ1) is 23.5. The Bertz CT molecular complexity index is 1160. The minimum atomic E-state index is -4.38. The van der Waals surface area contributed by atoms with Gasteiger partial charge in [0.1, 0.15) is 5.69 Å². The Kier molecular flexibility index (Phi) is 6.71. The van der Waals surface area contributed by atoms with Crippen LogP contribution in [0.15, 0.2) is 42.9 Å². The van der Waals surface area contributed by atoms with E-state index in [0.717, 1.165) is 37.1 Å². The largest absolute Gasteiger partial charge is 0.416 e. The molecule has 0 bridgehead atoms. The highest BCUT2D eigenvalue weighted by Crippen LogP contribution is 2.31. The lowest BCUT2D eigenvalue weighted by Gasteiger charge is -2.34. The summed E-state index contributed by atoms with van der Waals surface area (Å²) in [5.41, 5.74) is 1.35. The third-order valence-corrected chi connectivity index (χ3v) is 5.63. The van der Waals surface area contributed by atoms with Gasteiger partial charge >= 0.3 is 6.18 Å². The van der Waals surface area contributed by atoms with E-state index < -0.39 is 11.7 Å². The third-order valence-electron chi connectivity index (χ3n) is 5.63. The molecule has 4 rings (SSSR count). The zero-order valence-corrected chi connectivity index (χ0v) is 19.0. The highest BCUT2D eigenvalue weighted by atomic mass is 19.4. The van der Waals surface area contributed by atoms with Crippen molar-refractivity contribution < 1.29 is 18.0 Å². The molecule has 0 saturated heterocycles. The maximum absolute atomic E-state index is 12.9. The number of carbonyl (C=O) groups excluding carboxylic acids is 1. The predicted molar refractivity (Wildman–Crippen MR) is 123 cm³/mol. The molecule has 8 nitrogen and oxygen atoms in total. The number of anilines is 3. The van der Waals surface area contributed by atoms with Gasteiger partial charge in [0.05, 0.1) is 31.0 Å². The number of hydrogen-bond acceptors (Lipinski definition) is 6. The Labute approximate surface area is 195 Å². The molecule has 3 heterocycles. The molecule has 1 amide bonds. The van der Waals surface area contributed by atoms with Crippen LogP contribution < -0.4 is 15.1 Å². The Balaban J connectivity index is 1.42. The van der Waals surface area contributed by atoms with Gasteiger partial charge < -0.3 is 15.1 Å². The van der Waals surface area contributed by atoms with Crippen molar-refractivity contribution in [3.63, 3.8) is 0 Å². The molecule has 1 aliphatic rings. The fraction of sp³-hybridized carbons (Fsp3) is 0.391. The first-order valence-electron chi connectivity index (χ1n) is 11.0. The van der Waals surface area contributed by atoms with E-state index >= 15 is 0 Å². The summed E-state index contributed by atoms with van der Waals surface area (Å²) in [7, 11) is 1.72. The molecule has 1 aliphatic heterocycles. The lowest BCUT2D eigenvalue weighted by atomic mass is 10.1. The summed E-state index contributed by atoms with van der Waals surface area (Å²) in [6.45, 7) is 3.74. The molecule has 1 aromatic carbocycles. The molecule has 1 N–H and O–H groups in total. The number of likely N-dealkylation sites (N-methyl/N-ethyl adjacent to an activating group) is 1. The van der Waals surface area contributed by atoms with E-state index in [4.69, 9.17) is 0 Å². The summed E-state index contributed by atoms with van der Waals surface area (Å²) in [5, 5.41) is 7.42. The van der Waals surface area contributed by atoms with Gasteiger partial charge in [0.15, 0.2) is 5.82 Å². The SMILES string of the molecule is CCCCN1CC(=O)N(C)c2cnc(NCc3cnn(Cc4cccc(C(F)(F)F)c4)c3)nc21. The molecule has 0 unspecified atom stereocenters. The van der Waals surface area contributed by atoms with Gasteiger partial charge in [0.2, 0.25) is 11.9 Å².